The molecule has 0 aromatic rings. The maximum absolute atomic E-state index is 5.50. The van der Waals surface area contributed by atoms with Gasteiger partial charge < -0.3 is 33.2 Å². The van der Waals surface area contributed by atoms with Crippen molar-refractivity contribution < 1.29 is 33.2 Å². The lowest BCUT2D eigenvalue weighted by Crippen LogP contribution is -2.15. The minimum Gasteiger partial charge on any atom is -0.499 e. The Hall–Kier alpha value is -0.700. The van der Waals surface area contributed by atoms with E-state index in [-0.39, 0.29) is 0 Å². The van der Waals surface area contributed by atoms with Gasteiger partial charge in [0.1, 0.15) is 6.61 Å². The zero-order chi connectivity index (χ0) is 19.1. The van der Waals surface area contributed by atoms with Gasteiger partial charge in [-0.3, -0.25) is 0 Å². The number of hydrogen-bond acceptors (Lipinski definition) is 7. The van der Waals surface area contributed by atoms with Gasteiger partial charge in [-0.1, -0.05) is 26.8 Å². The van der Waals surface area contributed by atoms with Crippen LogP contribution in [-0.2, 0) is 33.2 Å². The molecule has 0 aliphatic rings. The van der Waals surface area contributed by atoms with E-state index in [9.17, 15) is 0 Å². The predicted octanol–water partition coefficient (Wildman–Crippen LogP) is 2.29. The topological polar surface area (TPSA) is 64.6 Å². The molecule has 0 rings (SSSR count). The van der Waals surface area contributed by atoms with Crippen LogP contribution in [0.3, 0.4) is 0 Å². The molecular weight excluding hydrogens is 340 g/mol. The van der Waals surface area contributed by atoms with Crippen molar-refractivity contribution in [1.82, 2.24) is 0 Å². The maximum atomic E-state index is 5.50. The molecule has 0 bridgehead atoms. The Morgan fingerprint density at radius 2 is 0.962 bits per heavy atom. The quantitative estimate of drug-likeness (QED) is 0.212. The highest BCUT2D eigenvalue weighted by Crippen LogP contribution is 1.99. The smallest absolute Gasteiger partial charge is 0.111 e. The van der Waals surface area contributed by atoms with Gasteiger partial charge in [0.15, 0.2) is 0 Å². The lowest BCUT2D eigenvalue weighted by atomic mass is 10.1. The molecule has 0 amide bonds. The summed E-state index contributed by atoms with van der Waals surface area (Å²) in [6.07, 6.45) is 2.54. The summed E-state index contributed by atoms with van der Waals surface area (Å²) < 4.78 is 37.3. The van der Waals surface area contributed by atoms with Crippen LogP contribution in [0.1, 0.15) is 20.3 Å². The van der Waals surface area contributed by atoms with Gasteiger partial charge in [-0.25, -0.2) is 0 Å². The zero-order valence-electron chi connectivity index (χ0n) is 16.6. The summed E-state index contributed by atoms with van der Waals surface area (Å²) in [7, 11) is 0. The first-order valence-electron chi connectivity index (χ1n) is 9.50. The van der Waals surface area contributed by atoms with Crippen molar-refractivity contribution in [3.8, 4) is 0 Å². The van der Waals surface area contributed by atoms with Gasteiger partial charge >= 0.3 is 0 Å². The highest BCUT2D eigenvalue weighted by molar-refractivity contribution is 4.48. The summed E-state index contributed by atoms with van der Waals surface area (Å²) in [6.45, 7) is 15.3. The average Bonchev–Trinajstić information content (AvgIpc) is 2.66. The van der Waals surface area contributed by atoms with Gasteiger partial charge in [0.25, 0.3) is 0 Å². The monoisotopic (exact) mass is 378 g/mol. The Kier molecular flexibility index (Phi) is 21.7. The second kappa shape index (κ2) is 22.3. The molecule has 0 N–H and O–H groups in total. The van der Waals surface area contributed by atoms with Crippen molar-refractivity contribution in [2.24, 2.45) is 5.92 Å². The van der Waals surface area contributed by atoms with Crippen molar-refractivity contribution in [1.29, 1.82) is 0 Å². The van der Waals surface area contributed by atoms with Gasteiger partial charge in [-0.2, -0.15) is 0 Å². The SMILES string of the molecule is C=COCCOCCOCCOCCOCCOCCOCC(C)CC. The van der Waals surface area contributed by atoms with E-state index in [1.165, 1.54) is 6.26 Å². The first kappa shape index (κ1) is 25.3. The van der Waals surface area contributed by atoms with E-state index in [0.29, 0.717) is 85.2 Å². The van der Waals surface area contributed by atoms with Crippen molar-refractivity contribution in [2.75, 3.05) is 85.9 Å². The zero-order valence-corrected chi connectivity index (χ0v) is 16.6. The molecule has 0 aliphatic heterocycles. The van der Waals surface area contributed by atoms with E-state index in [1.54, 1.807) is 0 Å². The third-order valence-corrected chi connectivity index (χ3v) is 3.42. The van der Waals surface area contributed by atoms with Crippen LogP contribution in [0.4, 0.5) is 0 Å². The average molecular weight is 379 g/mol. The molecule has 0 aromatic heterocycles. The van der Waals surface area contributed by atoms with E-state index in [0.717, 1.165) is 13.0 Å². The molecule has 0 fully saturated rings. The molecule has 7 heteroatoms. The number of ether oxygens (including phenoxy) is 7. The van der Waals surface area contributed by atoms with E-state index < -0.39 is 0 Å². The lowest BCUT2D eigenvalue weighted by molar-refractivity contribution is -0.0196. The van der Waals surface area contributed by atoms with Gasteiger partial charge in [-0.15, -0.1) is 0 Å². The molecule has 26 heavy (non-hydrogen) atoms. The lowest BCUT2D eigenvalue weighted by Gasteiger charge is -2.10. The summed E-state index contributed by atoms with van der Waals surface area (Å²) in [5, 5.41) is 0. The van der Waals surface area contributed by atoms with Crippen LogP contribution < -0.4 is 0 Å². The van der Waals surface area contributed by atoms with Crippen molar-refractivity contribution in [3.05, 3.63) is 12.8 Å². The van der Waals surface area contributed by atoms with Crippen molar-refractivity contribution in [2.45, 2.75) is 20.3 Å². The molecular formula is C19H38O7. The Balaban J connectivity index is 3.00. The van der Waals surface area contributed by atoms with E-state index >= 15 is 0 Å². The highest BCUT2D eigenvalue weighted by Gasteiger charge is 1.98. The third-order valence-electron chi connectivity index (χ3n) is 3.42. The first-order chi connectivity index (χ1) is 12.8. The largest absolute Gasteiger partial charge is 0.499 e. The van der Waals surface area contributed by atoms with Crippen molar-refractivity contribution >= 4 is 0 Å². The van der Waals surface area contributed by atoms with Gasteiger partial charge in [0.2, 0.25) is 0 Å². The van der Waals surface area contributed by atoms with Crippen LogP contribution in [-0.4, -0.2) is 85.9 Å². The molecule has 156 valence electrons. The Morgan fingerprint density at radius 3 is 1.31 bits per heavy atom. The second-order valence-corrected chi connectivity index (χ2v) is 5.69. The van der Waals surface area contributed by atoms with E-state index in [1.807, 2.05) is 0 Å². The fourth-order valence-corrected chi connectivity index (χ4v) is 1.69. The molecule has 0 spiro atoms. The summed E-state index contributed by atoms with van der Waals surface area (Å²) in [4.78, 5) is 0. The molecule has 0 heterocycles. The molecule has 0 saturated heterocycles. The summed E-state index contributed by atoms with van der Waals surface area (Å²) in [5.41, 5.74) is 0. The Morgan fingerprint density at radius 1 is 0.615 bits per heavy atom. The fraction of sp³-hybridized carbons (Fsp3) is 0.895. The first-order valence-corrected chi connectivity index (χ1v) is 9.50. The van der Waals surface area contributed by atoms with E-state index in [2.05, 4.69) is 20.4 Å². The van der Waals surface area contributed by atoms with Gasteiger partial charge in [-0.05, 0) is 5.92 Å². The van der Waals surface area contributed by atoms with Crippen LogP contribution in [0, 0.1) is 5.92 Å². The van der Waals surface area contributed by atoms with Gasteiger partial charge in [0.05, 0.1) is 78.9 Å². The second-order valence-electron chi connectivity index (χ2n) is 5.69. The number of rotatable bonds is 22. The van der Waals surface area contributed by atoms with Crippen LogP contribution in [0.25, 0.3) is 0 Å². The Labute approximate surface area is 158 Å². The summed E-state index contributed by atoms with van der Waals surface area (Å²) >= 11 is 0. The van der Waals surface area contributed by atoms with Crippen LogP contribution in [0.15, 0.2) is 12.8 Å². The fourth-order valence-electron chi connectivity index (χ4n) is 1.69. The highest BCUT2D eigenvalue weighted by atomic mass is 16.6. The molecule has 0 aromatic carbocycles. The molecule has 0 radical (unpaired) electrons. The molecule has 1 atom stereocenters. The molecule has 1 unspecified atom stereocenters. The number of hydrogen-bond donors (Lipinski definition) is 0. The molecule has 0 saturated carbocycles. The summed E-state index contributed by atoms with van der Waals surface area (Å²) in [5.74, 6) is 0.611. The third kappa shape index (κ3) is 21.3. The standard InChI is InChI=1S/C19H38O7/c1-4-19(3)18-26-17-16-25-15-14-24-13-12-23-11-10-22-9-8-21-7-6-20-5-2/h5,19H,2,4,6-18H2,1,3H3. The van der Waals surface area contributed by atoms with Crippen molar-refractivity contribution in [3.63, 3.8) is 0 Å². The minimum absolute atomic E-state index is 0.518. The van der Waals surface area contributed by atoms with E-state index in [4.69, 9.17) is 33.2 Å². The molecule has 0 aliphatic carbocycles. The predicted molar refractivity (Wildman–Crippen MR) is 101 cm³/mol. The maximum Gasteiger partial charge on any atom is 0.111 e. The minimum atomic E-state index is 0.518. The van der Waals surface area contributed by atoms with Crippen LogP contribution in [0.2, 0.25) is 0 Å². The normalized spacial score (nSPS) is 12.2. The Bertz CT molecular complexity index is 277. The van der Waals surface area contributed by atoms with Gasteiger partial charge in [0, 0.05) is 6.61 Å². The molecule has 7 nitrogen and oxygen atoms in total. The van der Waals surface area contributed by atoms with Crippen LogP contribution in [0.5, 0.6) is 0 Å². The van der Waals surface area contributed by atoms with Crippen LogP contribution >= 0.6 is 0 Å². The summed E-state index contributed by atoms with van der Waals surface area (Å²) in [6, 6.07) is 0.